The molecular formula is C22H27FN4O3S. The van der Waals surface area contributed by atoms with E-state index in [1.165, 1.54) is 22.6 Å². The summed E-state index contributed by atoms with van der Waals surface area (Å²) in [7, 11) is -3.49. The van der Waals surface area contributed by atoms with Crippen molar-refractivity contribution in [2.75, 3.05) is 31.5 Å². The molecule has 2 aliphatic rings. The molecule has 1 N–H and O–H groups in total. The minimum absolute atomic E-state index is 0.0982. The highest BCUT2D eigenvalue weighted by Gasteiger charge is 2.27. The SMILES string of the molecule is O=C(c1ccccc1F)N1CCC(Nc2ccc(S(=O)(=O)N3CCCCC3)cn2)CC1. The van der Waals surface area contributed by atoms with E-state index < -0.39 is 15.8 Å². The first-order chi connectivity index (χ1) is 14.9. The Bertz CT molecular complexity index is 1020. The molecular weight excluding hydrogens is 419 g/mol. The van der Waals surface area contributed by atoms with Crippen molar-refractivity contribution in [3.63, 3.8) is 0 Å². The molecule has 2 fully saturated rings. The van der Waals surface area contributed by atoms with Crippen LogP contribution in [0.5, 0.6) is 0 Å². The fourth-order valence-electron chi connectivity index (χ4n) is 4.11. The van der Waals surface area contributed by atoms with Gasteiger partial charge in [-0.2, -0.15) is 4.31 Å². The Morgan fingerprint density at radius 2 is 1.71 bits per heavy atom. The number of benzene rings is 1. The van der Waals surface area contributed by atoms with E-state index in [1.807, 2.05) is 0 Å². The third kappa shape index (κ3) is 4.88. The van der Waals surface area contributed by atoms with Crippen LogP contribution in [0.15, 0.2) is 47.5 Å². The molecule has 9 heteroatoms. The summed E-state index contributed by atoms with van der Waals surface area (Å²) in [6, 6.07) is 9.42. The molecule has 0 unspecified atom stereocenters. The van der Waals surface area contributed by atoms with Crippen molar-refractivity contribution in [2.45, 2.75) is 43.0 Å². The van der Waals surface area contributed by atoms with E-state index >= 15 is 0 Å². The Kier molecular flexibility index (Phi) is 6.52. The standard InChI is InChI=1S/C22H27FN4O3S/c23-20-7-3-2-6-19(20)22(28)26-14-10-17(11-15-26)25-21-9-8-18(16-24-21)31(29,30)27-12-4-1-5-13-27/h2-3,6-9,16-17H,1,4-5,10-15H2,(H,24,25). The fourth-order valence-corrected chi connectivity index (χ4v) is 5.58. The lowest BCUT2D eigenvalue weighted by Gasteiger charge is -2.32. The number of halogens is 1. The second-order valence-electron chi connectivity index (χ2n) is 8.03. The van der Waals surface area contributed by atoms with Crippen LogP contribution in [-0.2, 0) is 10.0 Å². The smallest absolute Gasteiger partial charge is 0.256 e. The Labute approximate surface area is 182 Å². The zero-order valence-electron chi connectivity index (χ0n) is 17.3. The Morgan fingerprint density at radius 1 is 1.00 bits per heavy atom. The maximum atomic E-state index is 13.9. The first kappa shape index (κ1) is 21.7. The number of carbonyl (C=O) groups excluding carboxylic acids is 1. The number of nitrogens with zero attached hydrogens (tertiary/aromatic N) is 3. The van der Waals surface area contributed by atoms with Crippen LogP contribution in [0.3, 0.4) is 0 Å². The van der Waals surface area contributed by atoms with E-state index in [0.717, 1.165) is 19.3 Å². The summed E-state index contributed by atoms with van der Waals surface area (Å²) in [6.45, 7) is 2.16. The number of rotatable bonds is 5. The molecule has 31 heavy (non-hydrogen) atoms. The number of hydrogen-bond acceptors (Lipinski definition) is 5. The molecule has 0 spiro atoms. The molecule has 3 heterocycles. The van der Waals surface area contributed by atoms with Crippen molar-refractivity contribution in [2.24, 2.45) is 0 Å². The van der Waals surface area contributed by atoms with Gasteiger partial charge in [0, 0.05) is 38.4 Å². The summed E-state index contributed by atoms with van der Waals surface area (Å²) in [5.41, 5.74) is 0.0982. The predicted molar refractivity (Wildman–Crippen MR) is 116 cm³/mol. The normalized spacial score (nSPS) is 18.7. The van der Waals surface area contributed by atoms with Gasteiger partial charge in [-0.25, -0.2) is 17.8 Å². The molecule has 7 nitrogen and oxygen atoms in total. The van der Waals surface area contributed by atoms with Crippen molar-refractivity contribution >= 4 is 21.7 Å². The van der Waals surface area contributed by atoms with Crippen molar-refractivity contribution in [1.82, 2.24) is 14.2 Å². The monoisotopic (exact) mass is 446 g/mol. The first-order valence-electron chi connectivity index (χ1n) is 10.7. The summed E-state index contributed by atoms with van der Waals surface area (Å²) in [4.78, 5) is 18.7. The van der Waals surface area contributed by atoms with Crippen LogP contribution in [0.2, 0.25) is 0 Å². The number of pyridine rings is 1. The van der Waals surface area contributed by atoms with Gasteiger partial charge in [0.1, 0.15) is 16.5 Å². The third-order valence-corrected chi connectivity index (χ3v) is 7.81. The quantitative estimate of drug-likeness (QED) is 0.763. The van der Waals surface area contributed by atoms with Crippen LogP contribution >= 0.6 is 0 Å². The highest BCUT2D eigenvalue weighted by molar-refractivity contribution is 7.89. The van der Waals surface area contributed by atoms with Gasteiger partial charge in [0.25, 0.3) is 5.91 Å². The van der Waals surface area contributed by atoms with E-state index in [9.17, 15) is 17.6 Å². The molecule has 0 atom stereocenters. The Balaban J connectivity index is 1.33. The Morgan fingerprint density at radius 3 is 2.35 bits per heavy atom. The molecule has 166 valence electrons. The van der Waals surface area contributed by atoms with E-state index in [1.54, 1.807) is 29.2 Å². The van der Waals surface area contributed by atoms with Gasteiger partial charge in [-0.1, -0.05) is 18.6 Å². The maximum Gasteiger partial charge on any atom is 0.256 e. The van der Waals surface area contributed by atoms with E-state index in [-0.39, 0.29) is 22.4 Å². The van der Waals surface area contributed by atoms with Crippen molar-refractivity contribution in [3.05, 3.63) is 54.0 Å². The average Bonchev–Trinajstić information content (AvgIpc) is 2.80. The molecule has 2 aromatic rings. The number of likely N-dealkylation sites (tertiary alicyclic amines) is 1. The van der Waals surface area contributed by atoms with Gasteiger partial charge < -0.3 is 10.2 Å². The number of sulfonamides is 1. The van der Waals surface area contributed by atoms with Crippen LogP contribution in [-0.4, -0.2) is 60.7 Å². The summed E-state index contributed by atoms with van der Waals surface area (Å²) in [5, 5.41) is 3.32. The molecule has 1 amide bonds. The minimum atomic E-state index is -3.49. The molecule has 0 saturated carbocycles. The van der Waals surface area contributed by atoms with Crippen LogP contribution in [0.25, 0.3) is 0 Å². The van der Waals surface area contributed by atoms with E-state index in [0.29, 0.717) is 44.8 Å². The van der Waals surface area contributed by atoms with Gasteiger partial charge in [0.2, 0.25) is 10.0 Å². The molecule has 1 aromatic carbocycles. The lowest BCUT2D eigenvalue weighted by atomic mass is 10.0. The lowest BCUT2D eigenvalue weighted by molar-refractivity contribution is 0.0713. The molecule has 1 aromatic heterocycles. The van der Waals surface area contributed by atoms with Crippen molar-refractivity contribution < 1.29 is 17.6 Å². The summed E-state index contributed by atoms with van der Waals surface area (Å²) >= 11 is 0. The summed E-state index contributed by atoms with van der Waals surface area (Å²) in [5.74, 6) is -0.185. The summed E-state index contributed by atoms with van der Waals surface area (Å²) in [6.07, 6.45) is 5.67. The molecule has 2 aliphatic heterocycles. The largest absolute Gasteiger partial charge is 0.367 e. The number of anilines is 1. The number of amides is 1. The fraction of sp³-hybridized carbons (Fsp3) is 0.455. The van der Waals surface area contributed by atoms with Gasteiger partial charge in [0.15, 0.2) is 0 Å². The zero-order valence-corrected chi connectivity index (χ0v) is 18.2. The number of nitrogens with one attached hydrogen (secondary N) is 1. The molecule has 0 radical (unpaired) electrons. The number of carbonyl (C=O) groups is 1. The summed E-state index contributed by atoms with van der Waals surface area (Å²) < 4.78 is 40.9. The second-order valence-corrected chi connectivity index (χ2v) is 9.97. The minimum Gasteiger partial charge on any atom is -0.367 e. The predicted octanol–water partition coefficient (Wildman–Crippen LogP) is 3.11. The highest BCUT2D eigenvalue weighted by Crippen LogP contribution is 2.22. The molecule has 0 bridgehead atoms. The van der Waals surface area contributed by atoms with Gasteiger partial charge in [-0.3, -0.25) is 4.79 Å². The van der Waals surface area contributed by atoms with Gasteiger partial charge >= 0.3 is 0 Å². The lowest BCUT2D eigenvalue weighted by Crippen LogP contribution is -2.42. The molecule has 0 aliphatic carbocycles. The Hall–Kier alpha value is -2.52. The van der Waals surface area contributed by atoms with Crippen LogP contribution in [0.1, 0.15) is 42.5 Å². The van der Waals surface area contributed by atoms with E-state index in [4.69, 9.17) is 0 Å². The third-order valence-electron chi connectivity index (χ3n) is 5.93. The van der Waals surface area contributed by atoms with Gasteiger partial charge in [-0.05, 0) is 49.9 Å². The number of piperidine rings is 2. The van der Waals surface area contributed by atoms with Crippen LogP contribution < -0.4 is 5.32 Å². The highest BCUT2D eigenvalue weighted by atomic mass is 32.2. The number of aromatic nitrogens is 1. The maximum absolute atomic E-state index is 13.9. The molecule has 2 saturated heterocycles. The van der Waals surface area contributed by atoms with Crippen LogP contribution in [0, 0.1) is 5.82 Å². The molecule has 4 rings (SSSR count). The van der Waals surface area contributed by atoms with Crippen LogP contribution in [0.4, 0.5) is 10.2 Å². The zero-order chi connectivity index (χ0) is 21.8. The average molecular weight is 447 g/mol. The van der Waals surface area contributed by atoms with Gasteiger partial charge in [0.05, 0.1) is 5.56 Å². The second kappa shape index (κ2) is 9.32. The number of hydrogen-bond donors (Lipinski definition) is 1. The first-order valence-corrected chi connectivity index (χ1v) is 12.2. The topological polar surface area (TPSA) is 82.6 Å². The van der Waals surface area contributed by atoms with Crippen molar-refractivity contribution in [3.8, 4) is 0 Å². The van der Waals surface area contributed by atoms with Crippen molar-refractivity contribution in [1.29, 1.82) is 0 Å². The van der Waals surface area contributed by atoms with Gasteiger partial charge in [-0.15, -0.1) is 0 Å². The van der Waals surface area contributed by atoms with E-state index in [2.05, 4.69) is 10.3 Å².